The fraction of sp³-hybridized carbons (Fsp3) is 0.259. The number of amides is 1. The summed E-state index contributed by atoms with van der Waals surface area (Å²) in [5.41, 5.74) is 8.10. The Balaban J connectivity index is 1.56. The predicted molar refractivity (Wildman–Crippen MR) is 150 cm³/mol. The van der Waals surface area contributed by atoms with Crippen molar-refractivity contribution < 1.29 is 19.3 Å². The number of nitrogens with zero attached hydrogens (tertiary/aromatic N) is 6. The highest BCUT2D eigenvalue weighted by Gasteiger charge is 2.32. The first-order chi connectivity index (χ1) is 19.3. The molecule has 1 fully saturated rings. The van der Waals surface area contributed by atoms with E-state index in [1.54, 1.807) is 30.5 Å². The van der Waals surface area contributed by atoms with Gasteiger partial charge in [0.25, 0.3) is 18.1 Å². The monoisotopic (exact) mass is 564 g/mol. The molecule has 0 spiro atoms. The Hall–Kier alpha value is -4.42. The number of halogens is 2. The van der Waals surface area contributed by atoms with Crippen LogP contribution in [0, 0.1) is 5.82 Å². The van der Waals surface area contributed by atoms with Gasteiger partial charge in [-0.25, -0.2) is 19.3 Å². The minimum absolute atomic E-state index is 0.106. The van der Waals surface area contributed by atoms with Gasteiger partial charge in [0.1, 0.15) is 22.7 Å². The average molecular weight is 565 g/mol. The molecular formula is C27H28ClFN9O2+. The normalized spacial score (nSPS) is 18.1. The number of nitrogens with one attached hydrogen (secondary N) is 1. The van der Waals surface area contributed by atoms with Crippen LogP contribution in [0.15, 0.2) is 53.8 Å². The Morgan fingerprint density at radius 1 is 1.30 bits per heavy atom. The third-order valence-corrected chi connectivity index (χ3v) is 6.97. The zero-order valence-corrected chi connectivity index (χ0v) is 22.6. The van der Waals surface area contributed by atoms with Crippen molar-refractivity contribution in [3.05, 3.63) is 70.9 Å². The van der Waals surface area contributed by atoms with Gasteiger partial charge >= 0.3 is 0 Å². The number of carbonyl (C=O) groups excluding carboxylic acids is 1. The molecule has 40 heavy (non-hydrogen) atoms. The molecule has 0 aliphatic carbocycles. The van der Waals surface area contributed by atoms with Crippen LogP contribution in [0.3, 0.4) is 0 Å². The fourth-order valence-electron chi connectivity index (χ4n) is 5.07. The van der Waals surface area contributed by atoms with Gasteiger partial charge in [-0.05, 0) is 54.9 Å². The summed E-state index contributed by atoms with van der Waals surface area (Å²) < 4.78 is 22.3. The number of hydrogen-bond donors (Lipinski definition) is 3. The zero-order valence-electron chi connectivity index (χ0n) is 21.9. The number of rotatable bonds is 7. The molecule has 0 bridgehead atoms. The van der Waals surface area contributed by atoms with E-state index in [1.807, 2.05) is 11.6 Å². The van der Waals surface area contributed by atoms with E-state index >= 15 is 0 Å². The van der Waals surface area contributed by atoms with Gasteiger partial charge in [-0.1, -0.05) is 11.6 Å². The zero-order chi connectivity index (χ0) is 28.4. The summed E-state index contributed by atoms with van der Waals surface area (Å²) in [5.74, 6) is 0.0792. The Bertz CT molecular complexity index is 1620. The number of likely N-dealkylation sites (N-methyl/N-ethyl adjacent to an activating group) is 1. The summed E-state index contributed by atoms with van der Waals surface area (Å²) in [6.07, 6.45) is 4.69. The number of benzene rings is 1. The lowest BCUT2D eigenvalue weighted by Crippen LogP contribution is -2.50. The molecule has 0 radical (unpaired) electrons. The molecule has 11 nitrogen and oxygen atoms in total. The largest absolute Gasteiger partial charge is 0.496 e. The highest BCUT2D eigenvalue weighted by Crippen LogP contribution is 2.33. The number of nitrogens with two attached hydrogens (primary N) is 2. The van der Waals surface area contributed by atoms with Gasteiger partial charge in [0, 0.05) is 30.4 Å². The summed E-state index contributed by atoms with van der Waals surface area (Å²) in [4.78, 5) is 32.7. The Morgan fingerprint density at radius 3 is 2.88 bits per heavy atom. The van der Waals surface area contributed by atoms with Crippen LogP contribution in [-0.2, 0) is 0 Å². The van der Waals surface area contributed by atoms with Crippen molar-refractivity contribution >= 4 is 40.7 Å². The van der Waals surface area contributed by atoms with Crippen molar-refractivity contribution in [1.29, 1.82) is 0 Å². The van der Waals surface area contributed by atoms with Crippen LogP contribution in [0.5, 0.6) is 5.75 Å². The summed E-state index contributed by atoms with van der Waals surface area (Å²) in [6.45, 7) is 1.21. The van der Waals surface area contributed by atoms with Crippen LogP contribution >= 0.6 is 11.6 Å². The Morgan fingerprint density at radius 2 is 2.12 bits per heavy atom. The van der Waals surface area contributed by atoms with Gasteiger partial charge < -0.3 is 25.3 Å². The number of hydrogen-bond acceptors (Lipinski definition) is 6. The van der Waals surface area contributed by atoms with E-state index < -0.39 is 5.82 Å². The maximum atomic E-state index is 15.0. The first kappa shape index (κ1) is 27.2. The molecule has 0 saturated carbocycles. The molecule has 3 aromatic heterocycles. The van der Waals surface area contributed by atoms with Crippen molar-refractivity contribution in [3.63, 3.8) is 0 Å². The van der Waals surface area contributed by atoms with Crippen molar-refractivity contribution in [2.75, 3.05) is 27.2 Å². The quantitative estimate of drug-likeness (QED) is 0.227. The van der Waals surface area contributed by atoms with Gasteiger partial charge in [0.2, 0.25) is 0 Å². The average Bonchev–Trinajstić information content (AvgIpc) is 3.31. The number of imidazole rings is 1. The van der Waals surface area contributed by atoms with Crippen molar-refractivity contribution in [3.8, 4) is 17.3 Å². The molecule has 4 aromatic rings. The summed E-state index contributed by atoms with van der Waals surface area (Å²) in [5, 5.41) is 8.96. The number of piperidine rings is 1. The molecule has 206 valence electrons. The highest BCUT2D eigenvalue weighted by atomic mass is 35.5. The lowest BCUT2D eigenvalue weighted by molar-refractivity contribution is -0.106. The van der Waals surface area contributed by atoms with Gasteiger partial charge in [-0.3, -0.25) is 10.2 Å². The van der Waals surface area contributed by atoms with E-state index in [0.717, 1.165) is 6.34 Å². The van der Waals surface area contributed by atoms with Crippen molar-refractivity contribution in [1.82, 2.24) is 29.7 Å². The topological polar surface area (TPSA) is 149 Å². The van der Waals surface area contributed by atoms with Crippen molar-refractivity contribution in [2.45, 2.75) is 18.5 Å². The molecule has 5 N–H and O–H groups in total. The standard InChI is InChI=1S/C27H27ClFN9O2/c1-37-12-16(35-27(39)18-8-15(28)5-6-23(18)40-2)9-17(13-37)38-22-10-20(25(31)34-14-30)33-11-21(22)36-26(38)24-19(29)4-3-7-32-24/h3-8,10-11,14,16-17H,9,12-13H2,1-2H3,(H,35,39)(H3,30,31,34)/p+1/t16-,17+/m1/s1. The van der Waals surface area contributed by atoms with Crippen LogP contribution in [0.1, 0.15) is 28.5 Å². The third kappa shape index (κ3) is 5.36. The smallest absolute Gasteiger partial charge is 0.280 e. The second-order valence-corrected chi connectivity index (χ2v) is 9.92. The van der Waals surface area contributed by atoms with E-state index in [-0.39, 0.29) is 29.5 Å². The molecule has 4 heterocycles. The number of carbonyl (C=O) groups is 1. The molecule has 1 aromatic carbocycles. The van der Waals surface area contributed by atoms with Crippen LogP contribution in [0.2, 0.25) is 5.02 Å². The Labute approximate surface area is 234 Å². The van der Waals surface area contributed by atoms with E-state index in [9.17, 15) is 9.18 Å². The van der Waals surface area contributed by atoms with Crippen LogP contribution < -0.4 is 21.2 Å². The number of amidine groups is 1. The van der Waals surface area contributed by atoms with Crippen LogP contribution in [-0.4, -0.2) is 75.8 Å². The first-order valence-corrected chi connectivity index (χ1v) is 12.9. The molecule has 1 aliphatic rings. The second kappa shape index (κ2) is 11.4. The SMILES string of the molecule is COc1ccc(Cl)cc1C(=O)N[C@@H]1C[C@H](n2c(-c3ncccc3F)nc3cnc(C(N)=NC=[NH2+])cc32)CN(C)C1. The minimum Gasteiger partial charge on any atom is -0.496 e. The summed E-state index contributed by atoms with van der Waals surface area (Å²) in [7, 11) is 3.46. The number of aliphatic imine (C=N–C) groups is 1. The number of fused-ring (bicyclic) bond motifs is 1. The predicted octanol–water partition coefficient (Wildman–Crippen LogP) is 1.46. The maximum Gasteiger partial charge on any atom is 0.280 e. The van der Waals surface area contributed by atoms with E-state index in [0.29, 0.717) is 58.4 Å². The van der Waals surface area contributed by atoms with E-state index in [2.05, 4.69) is 25.2 Å². The summed E-state index contributed by atoms with van der Waals surface area (Å²) >= 11 is 6.15. The molecule has 2 atom stereocenters. The van der Waals surface area contributed by atoms with Gasteiger partial charge in [0.05, 0.1) is 30.4 Å². The molecule has 1 aliphatic heterocycles. The van der Waals surface area contributed by atoms with Gasteiger partial charge in [-0.15, -0.1) is 0 Å². The van der Waals surface area contributed by atoms with Crippen LogP contribution in [0.4, 0.5) is 4.39 Å². The summed E-state index contributed by atoms with van der Waals surface area (Å²) in [6, 6.07) is 9.03. The van der Waals surface area contributed by atoms with E-state index in [1.165, 1.54) is 25.4 Å². The molecule has 5 rings (SSSR count). The fourth-order valence-corrected chi connectivity index (χ4v) is 5.24. The van der Waals surface area contributed by atoms with Crippen LogP contribution in [0.25, 0.3) is 22.6 Å². The first-order valence-electron chi connectivity index (χ1n) is 12.5. The third-order valence-electron chi connectivity index (χ3n) is 6.74. The Kier molecular flexibility index (Phi) is 7.71. The molecular weight excluding hydrogens is 537 g/mol. The van der Waals surface area contributed by atoms with Gasteiger partial charge in [-0.2, -0.15) is 0 Å². The lowest BCUT2D eigenvalue weighted by atomic mass is 9.99. The van der Waals surface area contributed by atoms with Crippen molar-refractivity contribution in [2.24, 2.45) is 10.7 Å². The number of ether oxygens (including phenoxy) is 1. The molecule has 1 amide bonds. The molecule has 13 heteroatoms. The molecule has 1 saturated heterocycles. The lowest BCUT2D eigenvalue weighted by Gasteiger charge is -2.37. The minimum atomic E-state index is -0.506. The highest BCUT2D eigenvalue weighted by molar-refractivity contribution is 6.31. The number of pyridine rings is 2. The maximum absolute atomic E-state index is 15.0. The second-order valence-electron chi connectivity index (χ2n) is 9.49. The van der Waals surface area contributed by atoms with Gasteiger partial charge in [0.15, 0.2) is 11.6 Å². The number of aromatic nitrogens is 4. The number of likely N-dealkylation sites (tertiary alicyclic amines) is 1. The number of methoxy groups -OCH3 is 1. The molecule has 0 unspecified atom stereocenters. The van der Waals surface area contributed by atoms with E-state index in [4.69, 9.17) is 32.5 Å².